The normalized spacial score (nSPS) is 12.0. The summed E-state index contributed by atoms with van der Waals surface area (Å²) in [6.45, 7) is 1.90. The third-order valence-electron chi connectivity index (χ3n) is 3.38. The van der Waals surface area contributed by atoms with Crippen LogP contribution in [0.4, 0.5) is 4.39 Å². The van der Waals surface area contributed by atoms with Gasteiger partial charge in [0, 0.05) is 16.3 Å². The second kappa shape index (κ2) is 8.94. The molecule has 2 nitrogen and oxygen atoms in total. The van der Waals surface area contributed by atoms with Crippen LogP contribution in [0.1, 0.15) is 31.4 Å². The predicted octanol–water partition coefficient (Wildman–Crippen LogP) is 5.23. The zero-order chi connectivity index (χ0) is 16.7. The van der Waals surface area contributed by atoms with Crippen LogP contribution >= 0.6 is 23.4 Å². The lowest BCUT2D eigenvalue weighted by atomic mass is 10.1. The number of hydrogen-bond donors (Lipinski definition) is 1. The number of hydrogen-bond acceptors (Lipinski definition) is 2. The number of nitrogens with one attached hydrogen (secondary N) is 1. The summed E-state index contributed by atoms with van der Waals surface area (Å²) in [6.07, 6.45) is 1.28. The first-order valence-electron chi connectivity index (χ1n) is 7.48. The van der Waals surface area contributed by atoms with Crippen molar-refractivity contribution < 1.29 is 9.18 Å². The summed E-state index contributed by atoms with van der Waals surface area (Å²) in [4.78, 5) is 13.1. The molecule has 0 saturated carbocycles. The molecule has 0 aromatic heterocycles. The highest BCUT2D eigenvalue weighted by molar-refractivity contribution is 7.99. The van der Waals surface area contributed by atoms with E-state index in [-0.39, 0.29) is 17.8 Å². The van der Waals surface area contributed by atoms with Gasteiger partial charge in [0.25, 0.3) is 0 Å². The van der Waals surface area contributed by atoms with Gasteiger partial charge in [0.1, 0.15) is 5.82 Å². The molecular formula is C18H19ClFNOS. The molecule has 2 rings (SSSR count). The zero-order valence-electron chi connectivity index (χ0n) is 12.9. The van der Waals surface area contributed by atoms with Crippen molar-refractivity contribution in [2.24, 2.45) is 0 Å². The number of carbonyl (C=O) groups excluding carboxylic acids is 1. The molecule has 0 bridgehead atoms. The molecule has 0 radical (unpaired) electrons. The summed E-state index contributed by atoms with van der Waals surface area (Å²) in [5, 5.41) is 3.66. The van der Waals surface area contributed by atoms with Gasteiger partial charge in [-0.3, -0.25) is 4.79 Å². The first kappa shape index (κ1) is 17.8. The third kappa shape index (κ3) is 6.24. The second-order valence-corrected chi connectivity index (χ2v) is 6.85. The van der Waals surface area contributed by atoms with E-state index in [4.69, 9.17) is 11.6 Å². The van der Waals surface area contributed by atoms with Crippen molar-refractivity contribution in [3.8, 4) is 0 Å². The van der Waals surface area contributed by atoms with Crippen LogP contribution in [0.15, 0.2) is 53.4 Å². The van der Waals surface area contributed by atoms with Gasteiger partial charge in [0.15, 0.2) is 0 Å². The van der Waals surface area contributed by atoms with Crippen LogP contribution in [0.5, 0.6) is 0 Å². The predicted molar refractivity (Wildman–Crippen MR) is 94.4 cm³/mol. The molecular weight excluding hydrogens is 333 g/mol. The number of amides is 1. The SMILES string of the molecule is C[C@@H](NC(=O)CCCSc1ccc(Cl)cc1)c1ccc(F)cc1. The Morgan fingerprint density at radius 3 is 2.48 bits per heavy atom. The average Bonchev–Trinajstić information content (AvgIpc) is 2.54. The smallest absolute Gasteiger partial charge is 0.220 e. The number of halogens is 2. The molecule has 2 aromatic carbocycles. The van der Waals surface area contributed by atoms with Crippen LogP contribution in [-0.2, 0) is 4.79 Å². The highest BCUT2D eigenvalue weighted by atomic mass is 35.5. The molecule has 1 N–H and O–H groups in total. The maximum atomic E-state index is 12.9. The maximum Gasteiger partial charge on any atom is 0.220 e. The lowest BCUT2D eigenvalue weighted by Gasteiger charge is -2.14. The molecule has 0 aliphatic carbocycles. The number of thioether (sulfide) groups is 1. The first-order valence-corrected chi connectivity index (χ1v) is 8.84. The lowest BCUT2D eigenvalue weighted by molar-refractivity contribution is -0.121. The van der Waals surface area contributed by atoms with Crippen LogP contribution in [0, 0.1) is 5.82 Å². The van der Waals surface area contributed by atoms with Gasteiger partial charge >= 0.3 is 0 Å². The van der Waals surface area contributed by atoms with Crippen LogP contribution in [0.25, 0.3) is 0 Å². The summed E-state index contributed by atoms with van der Waals surface area (Å²) in [7, 11) is 0. The van der Waals surface area contributed by atoms with E-state index in [9.17, 15) is 9.18 Å². The van der Waals surface area contributed by atoms with Crippen molar-refractivity contribution in [3.63, 3.8) is 0 Å². The van der Waals surface area contributed by atoms with Crippen molar-refractivity contribution in [2.75, 3.05) is 5.75 Å². The summed E-state index contributed by atoms with van der Waals surface area (Å²) in [5.41, 5.74) is 0.898. The molecule has 0 spiro atoms. The molecule has 23 heavy (non-hydrogen) atoms. The summed E-state index contributed by atoms with van der Waals surface area (Å²) >= 11 is 7.55. The molecule has 0 saturated heterocycles. The van der Waals surface area contributed by atoms with Gasteiger partial charge in [-0.15, -0.1) is 11.8 Å². The van der Waals surface area contributed by atoms with E-state index in [1.807, 2.05) is 31.2 Å². The van der Waals surface area contributed by atoms with Crippen molar-refractivity contribution in [1.29, 1.82) is 0 Å². The Balaban J connectivity index is 1.68. The highest BCUT2D eigenvalue weighted by Crippen LogP contribution is 2.21. The van der Waals surface area contributed by atoms with Crippen LogP contribution in [-0.4, -0.2) is 11.7 Å². The summed E-state index contributed by atoms with van der Waals surface area (Å²) in [5.74, 6) is 0.616. The van der Waals surface area contributed by atoms with Crippen LogP contribution in [0.2, 0.25) is 5.02 Å². The topological polar surface area (TPSA) is 29.1 Å². The van der Waals surface area contributed by atoms with Crippen molar-refractivity contribution in [3.05, 3.63) is 64.9 Å². The molecule has 0 aliphatic heterocycles. The standard InChI is InChI=1S/C18H19ClFNOS/c1-13(14-4-8-16(20)9-5-14)21-18(22)3-2-12-23-17-10-6-15(19)7-11-17/h4-11,13H,2-3,12H2,1H3,(H,21,22)/t13-/m1/s1. The van der Waals surface area contributed by atoms with Crippen LogP contribution < -0.4 is 5.32 Å². The molecule has 0 fully saturated rings. The molecule has 0 aliphatic rings. The monoisotopic (exact) mass is 351 g/mol. The summed E-state index contributed by atoms with van der Waals surface area (Å²) < 4.78 is 12.9. The molecule has 5 heteroatoms. The van der Waals surface area contributed by atoms with Gasteiger partial charge in [-0.05, 0) is 61.1 Å². The van der Waals surface area contributed by atoms with Crippen molar-refractivity contribution in [1.82, 2.24) is 5.32 Å². The molecule has 1 amide bonds. The molecule has 0 heterocycles. The average molecular weight is 352 g/mol. The second-order valence-electron chi connectivity index (χ2n) is 5.25. The number of rotatable bonds is 7. The van der Waals surface area contributed by atoms with Gasteiger partial charge in [-0.25, -0.2) is 4.39 Å². The maximum absolute atomic E-state index is 12.9. The highest BCUT2D eigenvalue weighted by Gasteiger charge is 2.09. The molecule has 2 aromatic rings. The minimum absolute atomic E-state index is 0.0125. The summed E-state index contributed by atoms with van der Waals surface area (Å²) in [6, 6.07) is 13.7. The van der Waals surface area contributed by atoms with E-state index in [1.54, 1.807) is 23.9 Å². The third-order valence-corrected chi connectivity index (χ3v) is 4.73. The number of benzene rings is 2. The Bertz CT molecular complexity index is 630. The Hall–Kier alpha value is -1.52. The quantitative estimate of drug-likeness (QED) is 0.546. The van der Waals surface area contributed by atoms with E-state index in [2.05, 4.69) is 5.32 Å². The van der Waals surface area contributed by atoms with Gasteiger partial charge in [-0.2, -0.15) is 0 Å². The van der Waals surface area contributed by atoms with E-state index in [0.29, 0.717) is 6.42 Å². The lowest BCUT2D eigenvalue weighted by Crippen LogP contribution is -2.26. The molecule has 1 atom stereocenters. The van der Waals surface area contributed by atoms with Gasteiger partial charge in [-0.1, -0.05) is 23.7 Å². The minimum Gasteiger partial charge on any atom is -0.350 e. The fourth-order valence-corrected chi connectivity index (χ4v) is 3.08. The van der Waals surface area contributed by atoms with Gasteiger partial charge < -0.3 is 5.32 Å². The molecule has 0 unspecified atom stereocenters. The van der Waals surface area contributed by atoms with Gasteiger partial charge in [0.2, 0.25) is 5.91 Å². The number of carbonyl (C=O) groups is 1. The fourth-order valence-electron chi connectivity index (χ4n) is 2.10. The Kier molecular flexibility index (Phi) is 6.93. The Morgan fingerprint density at radius 2 is 1.83 bits per heavy atom. The van der Waals surface area contributed by atoms with Crippen molar-refractivity contribution >= 4 is 29.3 Å². The largest absolute Gasteiger partial charge is 0.350 e. The zero-order valence-corrected chi connectivity index (χ0v) is 14.5. The first-order chi connectivity index (χ1) is 11.0. The molecule has 122 valence electrons. The Morgan fingerprint density at radius 1 is 1.17 bits per heavy atom. The van der Waals surface area contributed by atoms with Crippen LogP contribution in [0.3, 0.4) is 0 Å². The van der Waals surface area contributed by atoms with E-state index in [1.165, 1.54) is 12.1 Å². The minimum atomic E-state index is -0.272. The van der Waals surface area contributed by atoms with E-state index in [0.717, 1.165) is 27.7 Å². The van der Waals surface area contributed by atoms with E-state index < -0.39 is 0 Å². The van der Waals surface area contributed by atoms with Crippen molar-refractivity contribution in [2.45, 2.75) is 30.7 Å². The fraction of sp³-hybridized carbons (Fsp3) is 0.278. The van der Waals surface area contributed by atoms with Gasteiger partial charge in [0.05, 0.1) is 6.04 Å². The Labute approximate surface area is 145 Å². The van der Waals surface area contributed by atoms with E-state index >= 15 is 0 Å².